The summed E-state index contributed by atoms with van der Waals surface area (Å²) in [6.45, 7) is 10.8. The van der Waals surface area contributed by atoms with Crippen molar-refractivity contribution in [1.29, 1.82) is 0 Å². The molecule has 1 aliphatic rings. The second-order valence-electron chi connectivity index (χ2n) is 6.57. The van der Waals surface area contributed by atoms with Crippen molar-refractivity contribution >= 4 is 18.1 Å². The number of morpholine rings is 1. The SMILES string of the molecule is C[C@H]1CN(C(C)(C)CNC(=O)c2ccc[nH]c2=S)C[C@H](C)O1. The van der Waals surface area contributed by atoms with E-state index in [1.165, 1.54) is 0 Å². The molecule has 0 spiro atoms. The molecule has 5 nitrogen and oxygen atoms in total. The van der Waals surface area contributed by atoms with Crippen LogP contribution in [0.4, 0.5) is 0 Å². The third-order valence-electron chi connectivity index (χ3n) is 4.02. The third-order valence-corrected chi connectivity index (χ3v) is 4.36. The lowest BCUT2D eigenvalue weighted by Gasteiger charge is -2.45. The van der Waals surface area contributed by atoms with Crippen LogP contribution in [0, 0.1) is 4.64 Å². The molecule has 0 saturated carbocycles. The molecule has 0 aliphatic carbocycles. The molecule has 0 unspecified atom stereocenters. The van der Waals surface area contributed by atoms with Gasteiger partial charge in [0, 0.05) is 31.4 Å². The molecule has 22 heavy (non-hydrogen) atoms. The van der Waals surface area contributed by atoms with E-state index in [1.54, 1.807) is 18.3 Å². The van der Waals surface area contributed by atoms with Gasteiger partial charge >= 0.3 is 0 Å². The number of ether oxygens (including phenoxy) is 1. The summed E-state index contributed by atoms with van der Waals surface area (Å²) in [6, 6.07) is 3.52. The zero-order chi connectivity index (χ0) is 16.3. The van der Waals surface area contributed by atoms with Crippen LogP contribution in [-0.4, -0.2) is 53.2 Å². The fraction of sp³-hybridized carbons (Fsp3) is 0.625. The highest BCUT2D eigenvalue weighted by Crippen LogP contribution is 2.20. The predicted molar refractivity (Wildman–Crippen MR) is 89.6 cm³/mol. The number of hydrogen-bond acceptors (Lipinski definition) is 4. The van der Waals surface area contributed by atoms with Crippen LogP contribution < -0.4 is 5.32 Å². The van der Waals surface area contributed by atoms with Crippen LogP contribution in [0.3, 0.4) is 0 Å². The summed E-state index contributed by atoms with van der Waals surface area (Å²) in [7, 11) is 0. The van der Waals surface area contributed by atoms with Gasteiger partial charge in [-0.2, -0.15) is 0 Å². The second kappa shape index (κ2) is 6.89. The number of carbonyl (C=O) groups is 1. The summed E-state index contributed by atoms with van der Waals surface area (Å²) in [5.74, 6) is -0.135. The Morgan fingerprint density at radius 3 is 2.68 bits per heavy atom. The molecule has 0 radical (unpaired) electrons. The van der Waals surface area contributed by atoms with Crippen molar-refractivity contribution < 1.29 is 9.53 Å². The summed E-state index contributed by atoms with van der Waals surface area (Å²) >= 11 is 5.15. The van der Waals surface area contributed by atoms with E-state index in [4.69, 9.17) is 17.0 Å². The Kier molecular flexibility index (Phi) is 5.36. The molecule has 0 bridgehead atoms. The van der Waals surface area contributed by atoms with E-state index in [1.807, 2.05) is 0 Å². The average molecular weight is 323 g/mol. The lowest BCUT2D eigenvalue weighted by Crippen LogP contribution is -2.58. The first-order valence-electron chi connectivity index (χ1n) is 7.66. The molecule has 6 heteroatoms. The lowest BCUT2D eigenvalue weighted by molar-refractivity contribution is -0.0948. The average Bonchev–Trinajstić information content (AvgIpc) is 2.44. The van der Waals surface area contributed by atoms with Gasteiger partial charge in [0.15, 0.2) is 0 Å². The molecule has 1 aliphatic heterocycles. The molecule has 1 fully saturated rings. The number of aromatic nitrogens is 1. The first-order valence-corrected chi connectivity index (χ1v) is 8.07. The maximum atomic E-state index is 12.3. The normalized spacial score (nSPS) is 23.3. The highest BCUT2D eigenvalue weighted by Gasteiger charge is 2.33. The lowest BCUT2D eigenvalue weighted by atomic mass is 10.00. The van der Waals surface area contributed by atoms with Gasteiger partial charge in [0.1, 0.15) is 4.64 Å². The number of H-pyrrole nitrogens is 1. The summed E-state index contributed by atoms with van der Waals surface area (Å²) < 4.78 is 6.24. The first kappa shape index (κ1) is 17.1. The molecule has 1 amide bonds. The van der Waals surface area contributed by atoms with E-state index in [0.717, 1.165) is 13.1 Å². The standard InChI is InChI=1S/C16H25N3O2S/c1-11-8-19(9-12(2)21-11)16(3,4)10-18-14(20)13-6-5-7-17-15(13)22/h5-7,11-12H,8-10H2,1-4H3,(H,17,22)(H,18,20)/t11-,12-/m0/s1. The molecule has 122 valence electrons. The number of pyridine rings is 1. The quantitative estimate of drug-likeness (QED) is 0.835. The van der Waals surface area contributed by atoms with Crippen molar-refractivity contribution in [3.63, 3.8) is 0 Å². The van der Waals surface area contributed by atoms with Crippen LogP contribution in [0.2, 0.25) is 0 Å². The van der Waals surface area contributed by atoms with Gasteiger partial charge in [0.25, 0.3) is 5.91 Å². The van der Waals surface area contributed by atoms with E-state index in [0.29, 0.717) is 16.7 Å². The van der Waals surface area contributed by atoms with Crippen LogP contribution >= 0.6 is 12.2 Å². The smallest absolute Gasteiger partial charge is 0.254 e. The number of rotatable bonds is 4. The van der Waals surface area contributed by atoms with Crippen molar-refractivity contribution in [2.45, 2.75) is 45.4 Å². The highest BCUT2D eigenvalue weighted by molar-refractivity contribution is 7.71. The summed E-state index contributed by atoms with van der Waals surface area (Å²) in [5.41, 5.74) is 0.374. The molecule has 2 rings (SSSR count). The molecule has 1 aromatic heterocycles. The van der Waals surface area contributed by atoms with Gasteiger partial charge in [0.2, 0.25) is 0 Å². The molecule has 2 heterocycles. The van der Waals surface area contributed by atoms with Gasteiger partial charge in [-0.3, -0.25) is 9.69 Å². The zero-order valence-corrected chi connectivity index (χ0v) is 14.5. The van der Waals surface area contributed by atoms with E-state index >= 15 is 0 Å². The number of carbonyl (C=O) groups excluding carboxylic acids is 1. The Morgan fingerprint density at radius 2 is 2.09 bits per heavy atom. The molecule has 0 aromatic carbocycles. The molecule has 1 saturated heterocycles. The van der Waals surface area contributed by atoms with Gasteiger partial charge in [-0.05, 0) is 39.8 Å². The van der Waals surface area contributed by atoms with Crippen LogP contribution in [0.1, 0.15) is 38.1 Å². The fourth-order valence-electron chi connectivity index (χ4n) is 2.78. The van der Waals surface area contributed by atoms with Gasteiger partial charge in [0.05, 0.1) is 17.8 Å². The number of amides is 1. The van der Waals surface area contributed by atoms with Crippen molar-refractivity contribution in [3.8, 4) is 0 Å². The van der Waals surface area contributed by atoms with Crippen molar-refractivity contribution in [2.24, 2.45) is 0 Å². The zero-order valence-electron chi connectivity index (χ0n) is 13.7. The first-order chi connectivity index (χ1) is 10.3. The Labute approximate surface area is 137 Å². The molecule has 2 atom stereocenters. The van der Waals surface area contributed by atoms with E-state index in [9.17, 15) is 4.79 Å². The highest BCUT2D eigenvalue weighted by atomic mass is 32.1. The summed E-state index contributed by atoms with van der Waals surface area (Å²) in [6.07, 6.45) is 2.14. The molecule has 2 N–H and O–H groups in total. The maximum absolute atomic E-state index is 12.3. The van der Waals surface area contributed by atoms with Crippen molar-refractivity contribution in [2.75, 3.05) is 19.6 Å². The van der Waals surface area contributed by atoms with Gasteiger partial charge in [-0.25, -0.2) is 0 Å². The topological polar surface area (TPSA) is 57.4 Å². The Hall–Kier alpha value is -1.24. The van der Waals surface area contributed by atoms with Gasteiger partial charge in [-0.15, -0.1) is 0 Å². The van der Waals surface area contributed by atoms with E-state index < -0.39 is 0 Å². The Balaban J connectivity index is 1.99. The van der Waals surface area contributed by atoms with E-state index in [-0.39, 0.29) is 23.7 Å². The van der Waals surface area contributed by atoms with E-state index in [2.05, 4.69) is 42.9 Å². The largest absolute Gasteiger partial charge is 0.373 e. The summed E-state index contributed by atoms with van der Waals surface area (Å²) in [5, 5.41) is 3.00. The van der Waals surface area contributed by atoms with Crippen LogP contribution in [0.15, 0.2) is 18.3 Å². The minimum absolute atomic E-state index is 0.135. The fourth-order valence-corrected chi connectivity index (χ4v) is 3.00. The second-order valence-corrected chi connectivity index (χ2v) is 6.98. The molecular formula is C16H25N3O2S. The van der Waals surface area contributed by atoms with Crippen LogP contribution in [-0.2, 0) is 4.74 Å². The minimum Gasteiger partial charge on any atom is -0.373 e. The Bertz CT molecular complexity index is 575. The van der Waals surface area contributed by atoms with Gasteiger partial charge < -0.3 is 15.0 Å². The summed E-state index contributed by atoms with van der Waals surface area (Å²) in [4.78, 5) is 17.5. The molecule has 1 aromatic rings. The van der Waals surface area contributed by atoms with Crippen LogP contribution in [0.5, 0.6) is 0 Å². The Morgan fingerprint density at radius 1 is 1.45 bits per heavy atom. The van der Waals surface area contributed by atoms with Gasteiger partial charge in [-0.1, -0.05) is 12.2 Å². The predicted octanol–water partition coefficient (Wildman–Crippen LogP) is 2.36. The monoisotopic (exact) mass is 323 g/mol. The number of nitrogens with one attached hydrogen (secondary N) is 2. The number of aromatic amines is 1. The van der Waals surface area contributed by atoms with Crippen molar-refractivity contribution in [3.05, 3.63) is 28.5 Å². The number of hydrogen-bond donors (Lipinski definition) is 2. The maximum Gasteiger partial charge on any atom is 0.254 e. The molecular weight excluding hydrogens is 298 g/mol. The van der Waals surface area contributed by atoms with Crippen molar-refractivity contribution in [1.82, 2.24) is 15.2 Å². The minimum atomic E-state index is -0.137. The number of nitrogens with zero attached hydrogens (tertiary/aromatic N) is 1. The van der Waals surface area contributed by atoms with Crippen LogP contribution in [0.25, 0.3) is 0 Å². The third kappa shape index (κ3) is 4.15.